The molecule has 12 rings (SSSR count). The number of ether oxygens (including phenoxy) is 6. The van der Waals surface area contributed by atoms with Gasteiger partial charge in [0.2, 0.25) is 47.5 Å². The van der Waals surface area contributed by atoms with Crippen LogP contribution in [0.25, 0.3) is 11.1 Å². The SMILES string of the molecule is CCCCCCCCCCNCCN[C@@]1(C)C[C@H](O[C@H]2[C@H](Oc3c4cc5cc3Oc3ccc(cc3Cl)[C@@H](O)[C@@H]3NC(=O)[C@H](NC(=O)[C@@H]5NC(=O)[C@H](CC(N)=O)NC(=O)C(NC(=O)[C@@H](CC(C)C)NC)[C@H](O)c5ccc(c(Cl)c5)O4)c4ccc(O)c(c4)-c4c(cc(O)c(CNCP(=O)(O)OC)c4O)[C@H](C(=O)O)CC3=O)O[C@H](CO)[C@@H](O)[C@H]2O)O[C@@H](C)[C@H]1O. The number of carboxylic acids is 1. The average Bonchev–Trinajstić information content (AvgIpc) is 0.750. The molecule has 6 amide bonds. The molecule has 0 aromatic heterocycles. The van der Waals surface area contributed by atoms with Crippen molar-refractivity contribution in [2.75, 3.05) is 46.7 Å². The molecule has 5 aromatic rings. The van der Waals surface area contributed by atoms with Gasteiger partial charge in [0.25, 0.3) is 0 Å². The number of halogens is 2. The minimum atomic E-state index is -4.34. The van der Waals surface area contributed by atoms with E-state index >= 15 is 24.0 Å². The van der Waals surface area contributed by atoms with Gasteiger partial charge in [-0.05, 0) is 129 Å². The van der Waals surface area contributed by atoms with Crippen molar-refractivity contribution in [3.05, 3.63) is 116 Å². The number of carbonyl (C=O) groups is 8. The number of phenolic OH excluding ortho intramolecular Hbond substituents is 3. The predicted molar refractivity (Wildman–Crippen MR) is 439 cm³/mol. The number of hydrogen-bond acceptors (Lipinski definition) is 29. The molecule has 5 aromatic carbocycles. The van der Waals surface area contributed by atoms with E-state index in [4.69, 9.17) is 57.4 Å². The fourth-order valence-electron chi connectivity index (χ4n) is 15.5. The number of hydrogen-bond donors (Lipinski definition) is 21. The highest BCUT2D eigenvalue weighted by Crippen LogP contribution is 2.52. The number of likely N-dealkylation sites (N-methyl/N-ethyl adjacent to an activating group) is 1. The Morgan fingerprint density at radius 3 is 1.94 bits per heavy atom. The highest BCUT2D eigenvalue weighted by Gasteiger charge is 2.52. The summed E-state index contributed by atoms with van der Waals surface area (Å²) >= 11 is 14.4. The fourth-order valence-corrected chi connectivity index (χ4v) is 16.4. The highest BCUT2D eigenvalue weighted by atomic mass is 35.5. The smallest absolute Gasteiger partial charge is 0.341 e. The number of carbonyl (C=O) groups excluding carboxylic acids is 7. The van der Waals surface area contributed by atoms with Crippen LogP contribution in [0.5, 0.6) is 46.0 Å². The number of primary amides is 1. The normalized spacial score (nSPS) is 27.0. The molecule has 0 saturated carbocycles. The van der Waals surface area contributed by atoms with Crippen molar-refractivity contribution in [3.63, 3.8) is 0 Å². The van der Waals surface area contributed by atoms with Crippen LogP contribution in [0.4, 0.5) is 0 Å². The first kappa shape index (κ1) is 95.3. The monoisotopic (exact) mass is 1770 g/mol. The zero-order chi connectivity index (χ0) is 88.9. The maximum absolute atomic E-state index is 16.4. The molecule has 11 bridgehead atoms. The first-order chi connectivity index (χ1) is 57.9. The van der Waals surface area contributed by atoms with Gasteiger partial charge in [0, 0.05) is 56.3 Å². The van der Waals surface area contributed by atoms with Crippen molar-refractivity contribution in [1.29, 1.82) is 0 Å². The third kappa shape index (κ3) is 23.0. The number of nitrogens with two attached hydrogens (primary N) is 1. The van der Waals surface area contributed by atoms with Crippen LogP contribution >= 0.6 is 30.8 Å². The quantitative estimate of drug-likeness (QED) is 0.0218. The molecule has 37 nitrogen and oxygen atoms in total. The number of Topliss-reactive ketones (excluding diaryl/α,β-unsaturated/α-hetero) is 1. The summed E-state index contributed by atoms with van der Waals surface area (Å²) in [6, 6.07) is 0.632. The van der Waals surface area contributed by atoms with E-state index in [0.29, 0.717) is 13.1 Å². The van der Waals surface area contributed by atoms with Gasteiger partial charge in [-0.15, -0.1) is 0 Å². The Balaban J connectivity index is 1.17. The largest absolute Gasteiger partial charge is 0.507 e. The molecule has 2 fully saturated rings. The van der Waals surface area contributed by atoms with E-state index in [2.05, 4.69) is 59.3 Å². The predicted octanol–water partition coefficient (Wildman–Crippen LogP) is 4.23. The van der Waals surface area contributed by atoms with Crippen LogP contribution in [0.15, 0.2) is 72.8 Å². The zero-order valence-corrected chi connectivity index (χ0v) is 70.7. The second-order valence-corrected chi connectivity index (χ2v) is 34.5. The molecular weight excluding hydrogens is 1660 g/mol. The van der Waals surface area contributed by atoms with Crippen LogP contribution in [-0.2, 0) is 68.2 Å². The number of rotatable bonds is 31. The summed E-state index contributed by atoms with van der Waals surface area (Å²) in [4.78, 5) is 130. The van der Waals surface area contributed by atoms with E-state index in [1.54, 1.807) is 13.8 Å². The Morgan fingerprint density at radius 2 is 1.34 bits per heavy atom. The first-order valence-corrected chi connectivity index (χ1v) is 42.9. The number of aromatic hydroxyl groups is 3. The Labute approximate surface area is 713 Å². The summed E-state index contributed by atoms with van der Waals surface area (Å²) < 4.78 is 56.8. The zero-order valence-electron chi connectivity index (χ0n) is 68.3. The molecule has 0 aliphatic carbocycles. The Kier molecular flexibility index (Phi) is 32.9. The average molecular weight is 1770 g/mol. The third-order valence-corrected chi connectivity index (χ3v) is 24.0. The van der Waals surface area contributed by atoms with Gasteiger partial charge in [-0.1, -0.05) is 107 Å². The van der Waals surface area contributed by atoms with Crippen molar-refractivity contribution >= 4 is 78.0 Å². The lowest BCUT2D eigenvalue weighted by Crippen LogP contribution is -2.65. The number of ketones is 1. The molecule has 7 aliphatic heterocycles. The number of fused-ring (bicyclic) bond motifs is 15. The first-order valence-electron chi connectivity index (χ1n) is 40.3. The van der Waals surface area contributed by atoms with Crippen molar-refractivity contribution < 1.29 is 132 Å². The van der Waals surface area contributed by atoms with Gasteiger partial charge in [-0.3, -0.25) is 42.9 Å². The fraction of sp³-hybridized carbons (Fsp3) is 0.537. The van der Waals surface area contributed by atoms with E-state index < -0.39 is 275 Å². The maximum atomic E-state index is 16.4. The Hall–Kier alpha value is -8.93. The van der Waals surface area contributed by atoms with Gasteiger partial charge in [0.1, 0.15) is 89.5 Å². The van der Waals surface area contributed by atoms with Crippen molar-refractivity contribution in [2.45, 2.75) is 227 Å². The summed E-state index contributed by atoms with van der Waals surface area (Å²) in [5, 5.41) is 143. The van der Waals surface area contributed by atoms with Gasteiger partial charge in [-0.2, -0.15) is 0 Å². The van der Waals surface area contributed by atoms with Crippen LogP contribution in [0.3, 0.4) is 0 Å². The van der Waals surface area contributed by atoms with Crippen molar-refractivity contribution in [1.82, 2.24) is 47.9 Å². The van der Waals surface area contributed by atoms with Gasteiger partial charge >= 0.3 is 13.6 Å². The Morgan fingerprint density at radius 1 is 0.721 bits per heavy atom. The van der Waals surface area contributed by atoms with Gasteiger partial charge in [0.15, 0.2) is 29.7 Å². The number of aliphatic hydroxyl groups is 6. The van der Waals surface area contributed by atoms with Gasteiger partial charge < -0.3 is 142 Å². The number of phenols is 3. The lowest BCUT2D eigenvalue weighted by Gasteiger charge is -2.48. The highest BCUT2D eigenvalue weighted by molar-refractivity contribution is 7.52. The van der Waals surface area contributed by atoms with E-state index in [1.807, 2.05) is 13.8 Å². The lowest BCUT2D eigenvalue weighted by molar-refractivity contribution is -0.334. The van der Waals surface area contributed by atoms with E-state index in [-0.39, 0.29) is 40.7 Å². The minimum Gasteiger partial charge on any atom is -0.507 e. The number of amides is 6. The van der Waals surface area contributed by atoms with Gasteiger partial charge in [-0.25, -0.2) is 0 Å². The summed E-state index contributed by atoms with van der Waals surface area (Å²) in [6.45, 7) is 9.13. The number of aliphatic carboxylic acids is 1. The summed E-state index contributed by atoms with van der Waals surface area (Å²) in [5.41, 5.74) is 1.07. The van der Waals surface area contributed by atoms with Crippen LogP contribution in [-0.4, -0.2) is 229 Å². The molecule has 0 radical (unpaired) electrons. The van der Waals surface area contributed by atoms with Crippen molar-refractivity contribution in [3.8, 4) is 57.1 Å². The molecule has 2 unspecified atom stereocenters. The van der Waals surface area contributed by atoms with E-state index in [1.165, 1.54) is 51.3 Å². The summed E-state index contributed by atoms with van der Waals surface area (Å²) in [6.07, 6.45) is -11.3. The second kappa shape index (κ2) is 42.2. The van der Waals surface area contributed by atoms with E-state index in [0.717, 1.165) is 93.6 Å². The number of nitrogens with one attached hydrogen (secondary N) is 9. The molecule has 7 aliphatic rings. The topological polar surface area (TPSA) is 575 Å². The van der Waals surface area contributed by atoms with Crippen LogP contribution < -0.4 is 67.8 Å². The third-order valence-electron chi connectivity index (χ3n) is 22.2. The van der Waals surface area contributed by atoms with Crippen LogP contribution in [0.2, 0.25) is 10.0 Å². The van der Waals surface area contributed by atoms with Crippen LogP contribution in [0.1, 0.15) is 175 Å². The maximum Gasteiger partial charge on any atom is 0.341 e. The molecule has 22 N–H and O–H groups in total. The molecule has 7 heterocycles. The molecular formula is C82H109Cl2N10O27P. The number of carboxylic acid groups (broad SMARTS) is 1. The lowest BCUT2D eigenvalue weighted by atomic mass is 9.82. The second-order valence-electron chi connectivity index (χ2n) is 31.7. The number of benzene rings is 5. The van der Waals surface area contributed by atoms with Crippen molar-refractivity contribution in [2.24, 2.45) is 11.7 Å². The Bertz CT molecular complexity index is 4670. The van der Waals surface area contributed by atoms with E-state index in [9.17, 15) is 74.9 Å². The molecule has 122 heavy (non-hydrogen) atoms. The number of aliphatic hydroxyl groups excluding tert-OH is 6. The molecule has 40 heteroatoms. The number of unbranched alkanes of at least 4 members (excludes halogenated alkanes) is 7. The molecule has 2 saturated heterocycles. The minimum absolute atomic E-state index is 0.117. The van der Waals surface area contributed by atoms with Crippen LogP contribution in [0, 0.1) is 5.92 Å². The van der Waals surface area contributed by atoms with Gasteiger partial charge in [0.05, 0.1) is 59.1 Å². The standard InChI is InChI=1S/C82H109Cl2N10O27P/c1-8-9-10-11-12-13-14-15-22-87-23-24-89-82(5)34-61(116-39(4)74(82)105)120-73-71(104)70(103)59(36-95)119-81(73)121-72-57-29-43-30-58(72)118-56-21-18-42(28-49(56)84)68(101)66(94-75(106)50(86-6)25-38(2)3)79(110)90-51(33-60(85)99)76(107)91-64(43)78(109)92-63-40-16-19-52(96)46(26-40)62-44(31-53(97)47(69(62)102)35-88-37-122(113,114)115-7)45(80(111)112)32-54(98)65(93-77(63)108)67(100)41-17-20-55(117-57)48(83)27-41/h16-21,26-31,38-39,45,50-51,59,61,63-68,70-71,73-74,81,86-89,95-97,100-105H,8-15,22-25,32-37H2,1-7H3,(H2,85,99)(H,90,110)(H,91,107)(H,92,109)(H,93,108)(H,94,106)(H,111,112)(H,113,114)/t39-,45+,50+,51-,59+,61-,63+,64+,65+,66?,67+,68+,70+,71+,73+,74+,81-,82-/m0/s1. The molecule has 668 valence electrons. The summed E-state index contributed by atoms with van der Waals surface area (Å²) in [7, 11) is -1.93. The molecule has 0 spiro atoms. The summed E-state index contributed by atoms with van der Waals surface area (Å²) in [5.74, 6) is -18.4. The molecule has 19 atom stereocenters.